The van der Waals surface area contributed by atoms with Gasteiger partial charge in [0.05, 0.1) is 53.0 Å². The third-order valence-electron chi connectivity index (χ3n) is 10.3. The molecule has 48 heavy (non-hydrogen) atoms. The molecule has 4 aromatic rings. The van der Waals surface area contributed by atoms with E-state index in [4.69, 9.17) is 36.5 Å². The number of carbonyl (C=O) groups excluding carboxylic acids is 1. The second kappa shape index (κ2) is 11.3. The van der Waals surface area contributed by atoms with Gasteiger partial charge in [-0.2, -0.15) is 15.2 Å². The fourth-order valence-corrected chi connectivity index (χ4v) is 8.98. The summed E-state index contributed by atoms with van der Waals surface area (Å²) in [6, 6.07) is 4.57. The normalized spacial score (nSPS) is 22.3. The lowest BCUT2D eigenvalue weighted by molar-refractivity contribution is -0.234. The second-order valence-electron chi connectivity index (χ2n) is 13.0. The summed E-state index contributed by atoms with van der Waals surface area (Å²) in [6.07, 6.45) is 1.68. The van der Waals surface area contributed by atoms with Crippen LogP contribution >= 0.6 is 22.9 Å². The van der Waals surface area contributed by atoms with Crippen LogP contribution in [-0.2, 0) is 9.53 Å². The zero-order valence-electron chi connectivity index (χ0n) is 26.5. The van der Waals surface area contributed by atoms with Gasteiger partial charge < -0.3 is 29.7 Å². The number of halogens is 3. The third-order valence-corrected chi connectivity index (χ3v) is 11.7. The highest BCUT2D eigenvalue weighted by Gasteiger charge is 2.60. The quantitative estimate of drug-likeness (QED) is 0.306. The van der Waals surface area contributed by atoms with Gasteiger partial charge in [0, 0.05) is 23.9 Å². The van der Waals surface area contributed by atoms with Crippen molar-refractivity contribution in [3.05, 3.63) is 34.4 Å². The number of nitrogens with zero attached hydrogens (tertiary/aromatic N) is 6. The van der Waals surface area contributed by atoms with Crippen LogP contribution in [0.1, 0.15) is 32.3 Å². The highest BCUT2D eigenvalue weighted by Crippen LogP contribution is 2.52. The van der Waals surface area contributed by atoms with Crippen molar-refractivity contribution in [1.29, 1.82) is 5.26 Å². The molecule has 3 fully saturated rings. The van der Waals surface area contributed by atoms with Crippen LogP contribution in [0.5, 0.6) is 11.8 Å². The van der Waals surface area contributed by atoms with Crippen LogP contribution in [0.2, 0.25) is 5.02 Å². The summed E-state index contributed by atoms with van der Waals surface area (Å²) in [6.45, 7) is 6.20. The van der Waals surface area contributed by atoms with Crippen molar-refractivity contribution in [3.63, 3.8) is 0 Å². The molecule has 0 radical (unpaired) electrons. The zero-order chi connectivity index (χ0) is 33.6. The van der Waals surface area contributed by atoms with Crippen molar-refractivity contribution in [1.82, 2.24) is 19.8 Å². The number of aromatic nitrogens is 2. The number of nitrogen functional groups attached to an aromatic ring is 1. The Balaban J connectivity index is 1.34. The van der Waals surface area contributed by atoms with Crippen molar-refractivity contribution in [3.8, 4) is 29.0 Å². The molecule has 1 spiro atoms. The zero-order valence-corrected chi connectivity index (χ0v) is 28.1. The molecule has 0 saturated carbocycles. The minimum absolute atomic E-state index is 0.00895. The number of benzene rings is 2. The predicted octanol–water partition coefficient (Wildman–Crippen LogP) is 4.96. The van der Waals surface area contributed by atoms with E-state index in [9.17, 15) is 14.4 Å². The molecule has 6 heterocycles. The smallest absolute Gasteiger partial charge is 0.319 e. The number of hydrogen-bond donors (Lipinski definition) is 1. The summed E-state index contributed by atoms with van der Waals surface area (Å²) in [5.41, 5.74) is 5.56. The summed E-state index contributed by atoms with van der Waals surface area (Å²) in [4.78, 5) is 27.5. The van der Waals surface area contributed by atoms with Gasteiger partial charge >= 0.3 is 6.01 Å². The molecule has 3 saturated heterocycles. The van der Waals surface area contributed by atoms with E-state index >= 15 is 4.39 Å². The molecule has 1 amide bonds. The maximum atomic E-state index is 17.2. The monoisotopic (exact) mass is 695 g/mol. The van der Waals surface area contributed by atoms with Gasteiger partial charge in [-0.25, -0.2) is 8.78 Å². The van der Waals surface area contributed by atoms with E-state index in [1.165, 1.54) is 19.1 Å². The number of rotatable bonds is 5. The van der Waals surface area contributed by atoms with Gasteiger partial charge in [-0.05, 0) is 45.0 Å². The fourth-order valence-electron chi connectivity index (χ4n) is 7.70. The van der Waals surface area contributed by atoms with E-state index in [2.05, 4.69) is 9.88 Å². The van der Waals surface area contributed by atoms with Gasteiger partial charge in [-0.3, -0.25) is 9.69 Å². The Bertz CT molecular complexity index is 2070. The lowest BCUT2D eigenvalue weighted by Gasteiger charge is -2.62. The summed E-state index contributed by atoms with van der Waals surface area (Å²) in [5.74, 6) is -0.860. The van der Waals surface area contributed by atoms with E-state index in [1.807, 2.05) is 24.9 Å². The molecule has 1 unspecified atom stereocenters. The van der Waals surface area contributed by atoms with Gasteiger partial charge in [0.2, 0.25) is 5.91 Å². The molecular weight excluding hydrogens is 664 g/mol. The highest BCUT2D eigenvalue weighted by molar-refractivity contribution is 7.23. The first kappa shape index (κ1) is 31.3. The Morgan fingerprint density at radius 2 is 2.06 bits per heavy atom. The second-order valence-corrected chi connectivity index (χ2v) is 14.4. The van der Waals surface area contributed by atoms with Crippen LogP contribution < -0.4 is 20.1 Å². The maximum Gasteiger partial charge on any atom is 0.319 e. The number of likely N-dealkylation sites (tertiary alicyclic amines) is 2. The minimum Gasteiger partial charge on any atom is -0.489 e. The molecule has 2 aromatic carbocycles. The van der Waals surface area contributed by atoms with Crippen molar-refractivity contribution in [2.75, 3.05) is 57.1 Å². The average Bonchev–Trinajstić information content (AvgIpc) is 3.54. The predicted molar refractivity (Wildman–Crippen MR) is 178 cm³/mol. The van der Waals surface area contributed by atoms with E-state index in [1.54, 1.807) is 4.90 Å². The first-order valence-electron chi connectivity index (χ1n) is 15.8. The Morgan fingerprint density at radius 1 is 1.27 bits per heavy atom. The van der Waals surface area contributed by atoms with Crippen LogP contribution in [0.15, 0.2) is 12.1 Å². The van der Waals surface area contributed by atoms with Gasteiger partial charge in [0.1, 0.15) is 46.5 Å². The first-order valence-corrected chi connectivity index (χ1v) is 17.0. The number of carbonyl (C=O) groups is 1. The summed E-state index contributed by atoms with van der Waals surface area (Å²) in [7, 11) is 2.04. The van der Waals surface area contributed by atoms with Gasteiger partial charge in [0.25, 0.3) is 0 Å². The number of thiophene rings is 1. The van der Waals surface area contributed by atoms with E-state index in [0.717, 1.165) is 30.7 Å². The number of ether oxygens (including phenoxy) is 3. The van der Waals surface area contributed by atoms with Gasteiger partial charge in [-0.1, -0.05) is 17.7 Å². The number of amides is 1. The molecule has 4 aliphatic heterocycles. The lowest BCUT2D eigenvalue weighted by atomic mass is 9.80. The third kappa shape index (κ3) is 4.51. The highest BCUT2D eigenvalue weighted by atomic mass is 35.5. The molecule has 4 aliphatic rings. The average molecular weight is 696 g/mol. The van der Waals surface area contributed by atoms with Gasteiger partial charge in [-0.15, -0.1) is 11.3 Å². The van der Waals surface area contributed by atoms with Crippen LogP contribution in [0.3, 0.4) is 0 Å². The molecule has 8 rings (SSSR count). The van der Waals surface area contributed by atoms with E-state index < -0.39 is 17.2 Å². The van der Waals surface area contributed by atoms with Crippen molar-refractivity contribution >= 4 is 60.7 Å². The van der Waals surface area contributed by atoms with Crippen molar-refractivity contribution in [2.24, 2.45) is 0 Å². The Labute approximate surface area is 283 Å². The Kier molecular flexibility index (Phi) is 7.33. The summed E-state index contributed by atoms with van der Waals surface area (Å²) >= 11 is 7.96. The lowest BCUT2D eigenvalue weighted by Crippen LogP contribution is -2.80. The number of hydrogen-bond acceptors (Lipinski definition) is 11. The topological polar surface area (TPSA) is 130 Å². The molecule has 0 aliphatic carbocycles. The number of nitrogens with two attached hydrogens (primary N) is 1. The van der Waals surface area contributed by atoms with E-state index in [0.29, 0.717) is 32.1 Å². The SMILES string of the molecule is CC(=O)N1CC2(C1)OCC2N1CCOc2c(Cl)c(-c3ccc(F)c4sc(N)c(C#N)c34)c(F)c3nc(O[C@@H](C)[C@@H]4CCCN4C)nc1c23. The number of likely N-dealkylation sites (N-methyl/N-ethyl adjacent to an activating group) is 1. The first-order chi connectivity index (χ1) is 23.0. The molecule has 11 nitrogen and oxygen atoms in total. The molecule has 3 atom stereocenters. The summed E-state index contributed by atoms with van der Waals surface area (Å²) in [5, 5.41) is 10.4. The molecule has 250 valence electrons. The number of anilines is 2. The molecular formula is C33H32ClF2N7O4S. The summed E-state index contributed by atoms with van der Waals surface area (Å²) < 4.78 is 51.1. The largest absolute Gasteiger partial charge is 0.489 e. The van der Waals surface area contributed by atoms with E-state index in [-0.39, 0.29) is 90.2 Å². The standard InChI is InChI=1S/C33H32ClF2N7O4S/c1-15(20-5-4-8-41(20)3)47-32-39-27-24-28(45-10-9-43(31(24)40-32)21-12-46-33(21)13-42(14-33)16(2)44)25(34)23(26(27)36)17-6-7-19(35)29-22(17)18(11-37)30(38)48-29/h6-7,15,20-21H,4-5,8-10,12-14,38H2,1-3H3/t15-,20-,21?/m0/s1. The van der Waals surface area contributed by atoms with Gasteiger partial charge in [0.15, 0.2) is 11.6 Å². The van der Waals surface area contributed by atoms with Crippen LogP contribution in [-0.4, -0.2) is 95.9 Å². The maximum absolute atomic E-state index is 17.2. The van der Waals surface area contributed by atoms with Crippen LogP contribution in [0.25, 0.3) is 32.1 Å². The van der Waals surface area contributed by atoms with Crippen LogP contribution in [0.4, 0.5) is 19.6 Å². The molecule has 2 aromatic heterocycles. The van der Waals surface area contributed by atoms with Crippen molar-refractivity contribution < 1.29 is 27.8 Å². The van der Waals surface area contributed by atoms with Crippen LogP contribution in [0, 0.1) is 23.0 Å². The van der Waals surface area contributed by atoms with Crippen molar-refractivity contribution in [2.45, 2.75) is 50.5 Å². The molecule has 2 N–H and O–H groups in total. The fraction of sp³-hybridized carbons (Fsp3) is 0.455. The Hall–Kier alpha value is -4.03. The Morgan fingerprint density at radius 3 is 2.73 bits per heavy atom. The number of fused-ring (bicyclic) bond motifs is 1. The number of nitriles is 1. The minimum atomic E-state index is -0.795. The molecule has 15 heteroatoms. The molecule has 0 bridgehead atoms.